The number of nitro groups is 1. The summed E-state index contributed by atoms with van der Waals surface area (Å²) in [6.45, 7) is 0. The minimum absolute atomic E-state index is 0.122. The van der Waals surface area contributed by atoms with Crippen molar-refractivity contribution in [3.8, 4) is 0 Å². The average Bonchev–Trinajstić information content (AvgIpc) is 2.29. The van der Waals surface area contributed by atoms with Crippen LogP contribution in [0, 0.1) is 10.1 Å². The lowest BCUT2D eigenvalue weighted by atomic mass is 10.1. The normalized spacial score (nSPS) is 9.75. The maximum atomic E-state index is 10.7. The van der Waals surface area contributed by atoms with Gasteiger partial charge in [-0.2, -0.15) is 0 Å². The molecule has 0 saturated carbocycles. The van der Waals surface area contributed by atoms with Crippen molar-refractivity contribution in [2.75, 3.05) is 0 Å². The van der Waals surface area contributed by atoms with Gasteiger partial charge < -0.3 is 0 Å². The number of non-ortho nitro benzene ring substituents is 1. The average molecular weight is 215 g/mol. The first kappa shape index (κ1) is 9.88. The highest BCUT2D eigenvalue weighted by molar-refractivity contribution is 5.91. The molecule has 2 aromatic rings. The van der Waals surface area contributed by atoms with Gasteiger partial charge >= 0.3 is 0 Å². The number of benzene rings is 1. The quantitative estimate of drug-likeness (QED) is 0.252. The summed E-state index contributed by atoms with van der Waals surface area (Å²) in [5, 5.41) is 14.6. The molecule has 0 spiro atoms. The maximum absolute atomic E-state index is 10.7. The van der Waals surface area contributed by atoms with Gasteiger partial charge in [0.2, 0.25) is 0 Å². The highest BCUT2D eigenvalue weighted by Crippen LogP contribution is 2.29. The molecular formula is C9H5N5O2. The molecule has 1 aromatic carbocycles. The van der Waals surface area contributed by atoms with Crippen LogP contribution in [-0.4, -0.2) is 9.91 Å². The number of rotatable bonds is 2. The molecule has 0 amide bonds. The third-order valence-electron chi connectivity index (χ3n) is 2.03. The molecule has 0 radical (unpaired) electrons. The van der Waals surface area contributed by atoms with E-state index >= 15 is 0 Å². The van der Waals surface area contributed by atoms with Crippen LogP contribution in [0.2, 0.25) is 0 Å². The number of pyridine rings is 1. The van der Waals surface area contributed by atoms with Crippen LogP contribution in [-0.2, 0) is 0 Å². The van der Waals surface area contributed by atoms with Crippen molar-refractivity contribution in [2.24, 2.45) is 5.11 Å². The van der Waals surface area contributed by atoms with Crippen LogP contribution in [0.15, 0.2) is 35.6 Å². The summed E-state index contributed by atoms with van der Waals surface area (Å²) in [7, 11) is 0. The van der Waals surface area contributed by atoms with Gasteiger partial charge in [-0.1, -0.05) is 11.2 Å². The smallest absolute Gasteiger partial charge is 0.258 e. The Morgan fingerprint density at radius 1 is 1.50 bits per heavy atom. The van der Waals surface area contributed by atoms with E-state index in [2.05, 4.69) is 15.0 Å². The summed E-state index contributed by atoms with van der Waals surface area (Å²) < 4.78 is 0. The summed E-state index contributed by atoms with van der Waals surface area (Å²) in [6.07, 6.45) is 1.53. The topological polar surface area (TPSA) is 105 Å². The Labute approximate surface area is 89.1 Å². The fourth-order valence-electron chi connectivity index (χ4n) is 1.39. The highest BCUT2D eigenvalue weighted by atomic mass is 16.6. The summed E-state index contributed by atoms with van der Waals surface area (Å²) in [5.41, 5.74) is 8.86. The molecule has 16 heavy (non-hydrogen) atoms. The van der Waals surface area contributed by atoms with Crippen molar-refractivity contribution in [2.45, 2.75) is 0 Å². The van der Waals surface area contributed by atoms with Crippen LogP contribution < -0.4 is 0 Å². The van der Waals surface area contributed by atoms with Crippen LogP contribution in [0.5, 0.6) is 0 Å². The zero-order chi connectivity index (χ0) is 11.5. The molecule has 0 bridgehead atoms. The molecule has 0 unspecified atom stereocenters. The molecule has 0 fully saturated rings. The Morgan fingerprint density at radius 2 is 2.31 bits per heavy atom. The zero-order valence-corrected chi connectivity index (χ0v) is 7.94. The first-order valence-corrected chi connectivity index (χ1v) is 4.30. The van der Waals surface area contributed by atoms with Crippen LogP contribution in [0.1, 0.15) is 0 Å². The second-order valence-corrected chi connectivity index (χ2v) is 2.99. The second kappa shape index (κ2) is 3.84. The van der Waals surface area contributed by atoms with E-state index in [-0.39, 0.29) is 11.4 Å². The molecule has 0 aliphatic heterocycles. The summed E-state index contributed by atoms with van der Waals surface area (Å²) in [5.74, 6) is 0. The summed E-state index contributed by atoms with van der Waals surface area (Å²) in [4.78, 5) is 16.7. The molecule has 0 N–H and O–H groups in total. The molecule has 0 saturated heterocycles. The minimum Gasteiger partial charge on any atom is -0.258 e. The number of nitro benzene ring substituents is 1. The maximum Gasteiger partial charge on any atom is 0.270 e. The fourth-order valence-corrected chi connectivity index (χ4v) is 1.39. The molecule has 78 valence electrons. The number of hydrogen-bond acceptors (Lipinski definition) is 4. The SMILES string of the molecule is [N-]=[N+]=Nc1cc([N+](=O)[O-])cc2cccnc12. The predicted octanol–water partition coefficient (Wildman–Crippen LogP) is 3.08. The predicted molar refractivity (Wildman–Crippen MR) is 57.2 cm³/mol. The molecule has 1 heterocycles. The molecule has 0 aliphatic rings. The Balaban J connectivity index is 2.83. The molecule has 0 aliphatic carbocycles. The molecule has 7 heteroatoms. The van der Waals surface area contributed by atoms with E-state index in [0.29, 0.717) is 10.9 Å². The van der Waals surface area contributed by atoms with E-state index in [1.807, 2.05) is 0 Å². The van der Waals surface area contributed by atoms with Crippen LogP contribution in [0.25, 0.3) is 21.3 Å². The lowest BCUT2D eigenvalue weighted by Crippen LogP contribution is -1.88. The number of nitrogens with zero attached hydrogens (tertiary/aromatic N) is 5. The van der Waals surface area contributed by atoms with E-state index in [1.165, 1.54) is 18.3 Å². The zero-order valence-electron chi connectivity index (χ0n) is 7.94. The van der Waals surface area contributed by atoms with Gasteiger partial charge in [0, 0.05) is 28.6 Å². The van der Waals surface area contributed by atoms with Crippen LogP contribution >= 0.6 is 0 Å². The molecule has 1 aromatic heterocycles. The van der Waals surface area contributed by atoms with Crippen molar-refractivity contribution in [3.05, 3.63) is 51.0 Å². The number of hydrogen-bond donors (Lipinski definition) is 0. The minimum atomic E-state index is -0.539. The molecule has 7 nitrogen and oxygen atoms in total. The van der Waals surface area contributed by atoms with E-state index in [1.54, 1.807) is 12.1 Å². The Kier molecular flexibility index (Phi) is 2.37. The monoisotopic (exact) mass is 215 g/mol. The first-order valence-electron chi connectivity index (χ1n) is 4.30. The van der Waals surface area contributed by atoms with E-state index in [0.717, 1.165) is 0 Å². The van der Waals surface area contributed by atoms with Gasteiger partial charge in [-0.25, -0.2) is 0 Å². The lowest BCUT2D eigenvalue weighted by molar-refractivity contribution is -0.384. The van der Waals surface area contributed by atoms with Crippen LogP contribution in [0.3, 0.4) is 0 Å². The second-order valence-electron chi connectivity index (χ2n) is 2.99. The van der Waals surface area contributed by atoms with Crippen molar-refractivity contribution in [1.29, 1.82) is 0 Å². The van der Waals surface area contributed by atoms with Crippen molar-refractivity contribution in [1.82, 2.24) is 4.98 Å². The Morgan fingerprint density at radius 3 is 3.00 bits per heavy atom. The summed E-state index contributed by atoms with van der Waals surface area (Å²) >= 11 is 0. The van der Waals surface area contributed by atoms with Gasteiger partial charge in [0.1, 0.15) is 0 Å². The van der Waals surface area contributed by atoms with Gasteiger partial charge in [0.05, 0.1) is 16.1 Å². The van der Waals surface area contributed by atoms with E-state index in [9.17, 15) is 10.1 Å². The lowest BCUT2D eigenvalue weighted by Gasteiger charge is -2.00. The highest BCUT2D eigenvalue weighted by Gasteiger charge is 2.10. The Hall–Kier alpha value is -2.66. The van der Waals surface area contributed by atoms with Gasteiger partial charge in [-0.3, -0.25) is 15.1 Å². The number of fused-ring (bicyclic) bond motifs is 1. The third-order valence-corrected chi connectivity index (χ3v) is 2.03. The van der Waals surface area contributed by atoms with Gasteiger partial charge in [0.15, 0.2) is 0 Å². The van der Waals surface area contributed by atoms with E-state index in [4.69, 9.17) is 5.53 Å². The van der Waals surface area contributed by atoms with E-state index < -0.39 is 4.92 Å². The molecular weight excluding hydrogens is 210 g/mol. The number of azide groups is 1. The standard InChI is InChI=1S/C9H5N5O2/c10-13-12-8-5-7(14(15)16)4-6-2-1-3-11-9(6)8/h1-5H. The number of aromatic nitrogens is 1. The Bertz CT molecular complexity index is 618. The van der Waals surface area contributed by atoms with Crippen LogP contribution in [0.4, 0.5) is 11.4 Å². The van der Waals surface area contributed by atoms with Gasteiger partial charge in [-0.05, 0) is 11.6 Å². The summed E-state index contributed by atoms with van der Waals surface area (Å²) in [6, 6.07) is 5.92. The van der Waals surface area contributed by atoms with Gasteiger partial charge in [-0.15, -0.1) is 0 Å². The van der Waals surface area contributed by atoms with Crippen molar-refractivity contribution >= 4 is 22.3 Å². The fraction of sp³-hybridized carbons (Fsp3) is 0. The third kappa shape index (κ3) is 1.62. The first-order chi connectivity index (χ1) is 7.72. The largest absolute Gasteiger partial charge is 0.270 e. The van der Waals surface area contributed by atoms with Gasteiger partial charge in [0.25, 0.3) is 5.69 Å². The van der Waals surface area contributed by atoms with Crippen molar-refractivity contribution in [3.63, 3.8) is 0 Å². The van der Waals surface area contributed by atoms with Crippen molar-refractivity contribution < 1.29 is 4.92 Å². The molecule has 2 rings (SSSR count). The molecule has 0 atom stereocenters.